The molecule has 3 rings (SSSR count). The Morgan fingerprint density at radius 1 is 1.18 bits per heavy atom. The van der Waals surface area contributed by atoms with Crippen molar-refractivity contribution >= 4 is 0 Å². The molecule has 0 aromatic carbocycles. The number of rotatable bonds is 2. The number of aryl methyl sites for hydroxylation is 1. The van der Waals surface area contributed by atoms with Gasteiger partial charge in [0.25, 0.3) is 0 Å². The van der Waals surface area contributed by atoms with Crippen LogP contribution >= 0.6 is 0 Å². The third-order valence-corrected chi connectivity index (χ3v) is 4.39. The molecule has 1 aromatic rings. The zero-order chi connectivity index (χ0) is 11.8. The number of hydrogen-bond acceptors (Lipinski definition) is 3. The average Bonchev–Trinajstić information content (AvgIpc) is 2.98. The first kappa shape index (κ1) is 11.2. The minimum absolute atomic E-state index is 0.414. The molecule has 1 aliphatic heterocycles. The second-order valence-electron chi connectivity index (χ2n) is 5.61. The monoisotopic (exact) mass is 234 g/mol. The van der Waals surface area contributed by atoms with E-state index in [1.165, 1.54) is 37.9 Å². The van der Waals surface area contributed by atoms with Crippen LogP contribution in [0.4, 0.5) is 0 Å². The molecular formula is C13H22N4. The summed E-state index contributed by atoms with van der Waals surface area (Å²) < 4.78 is 2.41. The second kappa shape index (κ2) is 4.41. The summed E-state index contributed by atoms with van der Waals surface area (Å²) in [6.45, 7) is 5.52. The van der Waals surface area contributed by atoms with Crippen molar-refractivity contribution in [1.82, 2.24) is 20.1 Å². The van der Waals surface area contributed by atoms with Gasteiger partial charge in [-0.05, 0) is 38.6 Å². The Morgan fingerprint density at radius 3 is 2.59 bits per heavy atom. The van der Waals surface area contributed by atoms with E-state index in [-0.39, 0.29) is 0 Å². The summed E-state index contributed by atoms with van der Waals surface area (Å²) in [5, 5.41) is 12.3. The first-order chi connectivity index (χ1) is 8.27. The molecular weight excluding hydrogens is 212 g/mol. The summed E-state index contributed by atoms with van der Waals surface area (Å²) in [6.07, 6.45) is 6.56. The van der Waals surface area contributed by atoms with Crippen LogP contribution in [0, 0.1) is 12.8 Å². The van der Waals surface area contributed by atoms with Gasteiger partial charge in [0.1, 0.15) is 5.82 Å². The predicted molar refractivity (Wildman–Crippen MR) is 66.8 cm³/mol. The van der Waals surface area contributed by atoms with Gasteiger partial charge in [-0.2, -0.15) is 0 Å². The SMILES string of the molecule is Cc1nnc(C2NCCC2C)n1C1CCCC1. The molecule has 17 heavy (non-hydrogen) atoms. The largest absolute Gasteiger partial charge is 0.311 e. The lowest BCUT2D eigenvalue weighted by Gasteiger charge is -2.21. The van der Waals surface area contributed by atoms with E-state index in [9.17, 15) is 0 Å². The standard InChI is InChI=1S/C13H22N4/c1-9-7-8-14-12(9)13-16-15-10(2)17(13)11-5-3-4-6-11/h9,11-12,14H,3-8H2,1-2H3. The number of hydrogen-bond donors (Lipinski definition) is 1. The quantitative estimate of drug-likeness (QED) is 0.854. The molecule has 1 aromatic heterocycles. The van der Waals surface area contributed by atoms with E-state index in [1.807, 2.05) is 0 Å². The molecule has 2 atom stereocenters. The normalized spacial score (nSPS) is 30.2. The Bertz CT molecular complexity index is 392. The summed E-state index contributed by atoms with van der Waals surface area (Å²) in [7, 11) is 0. The molecule has 0 bridgehead atoms. The molecule has 0 spiro atoms. The number of nitrogens with one attached hydrogen (secondary N) is 1. The van der Waals surface area contributed by atoms with Gasteiger partial charge in [-0.15, -0.1) is 10.2 Å². The number of nitrogens with zero attached hydrogens (tertiary/aromatic N) is 3. The van der Waals surface area contributed by atoms with Gasteiger partial charge in [-0.1, -0.05) is 19.8 Å². The molecule has 2 heterocycles. The molecule has 2 unspecified atom stereocenters. The second-order valence-corrected chi connectivity index (χ2v) is 5.61. The predicted octanol–water partition coefficient (Wildman–Crippen LogP) is 2.37. The van der Waals surface area contributed by atoms with Crippen molar-refractivity contribution in [1.29, 1.82) is 0 Å². The topological polar surface area (TPSA) is 42.7 Å². The highest BCUT2D eigenvalue weighted by Crippen LogP contribution is 2.35. The summed E-state index contributed by atoms with van der Waals surface area (Å²) in [6, 6.07) is 1.06. The van der Waals surface area contributed by atoms with E-state index in [1.54, 1.807) is 0 Å². The van der Waals surface area contributed by atoms with Gasteiger partial charge in [-0.3, -0.25) is 0 Å². The average molecular weight is 234 g/mol. The minimum atomic E-state index is 0.414. The Labute approximate surface area is 103 Å². The summed E-state index contributed by atoms with van der Waals surface area (Å²) in [5.74, 6) is 2.95. The van der Waals surface area contributed by atoms with Gasteiger partial charge >= 0.3 is 0 Å². The molecule has 2 aliphatic rings. The zero-order valence-corrected chi connectivity index (χ0v) is 10.8. The smallest absolute Gasteiger partial charge is 0.150 e. The Balaban J connectivity index is 1.93. The molecule has 0 radical (unpaired) electrons. The fraction of sp³-hybridized carbons (Fsp3) is 0.846. The van der Waals surface area contributed by atoms with Crippen LogP contribution < -0.4 is 5.32 Å². The van der Waals surface area contributed by atoms with Crippen LogP contribution in [-0.2, 0) is 0 Å². The molecule has 0 amide bonds. The van der Waals surface area contributed by atoms with E-state index < -0.39 is 0 Å². The van der Waals surface area contributed by atoms with Gasteiger partial charge < -0.3 is 9.88 Å². The third kappa shape index (κ3) is 1.88. The van der Waals surface area contributed by atoms with Crippen LogP contribution in [0.3, 0.4) is 0 Å². The van der Waals surface area contributed by atoms with E-state index in [4.69, 9.17) is 0 Å². The summed E-state index contributed by atoms with van der Waals surface area (Å²) in [5.41, 5.74) is 0. The minimum Gasteiger partial charge on any atom is -0.311 e. The van der Waals surface area contributed by atoms with Crippen molar-refractivity contribution in [3.8, 4) is 0 Å². The maximum Gasteiger partial charge on any atom is 0.150 e. The summed E-state index contributed by atoms with van der Waals surface area (Å²) >= 11 is 0. The van der Waals surface area contributed by atoms with Crippen molar-refractivity contribution < 1.29 is 0 Å². The van der Waals surface area contributed by atoms with Crippen LogP contribution in [0.25, 0.3) is 0 Å². The Hall–Kier alpha value is -0.900. The maximum atomic E-state index is 4.44. The van der Waals surface area contributed by atoms with E-state index >= 15 is 0 Å². The van der Waals surface area contributed by atoms with Crippen LogP contribution in [0.15, 0.2) is 0 Å². The van der Waals surface area contributed by atoms with Gasteiger partial charge in [-0.25, -0.2) is 0 Å². The number of aromatic nitrogens is 3. The van der Waals surface area contributed by atoms with Crippen LogP contribution in [0.5, 0.6) is 0 Å². The van der Waals surface area contributed by atoms with Crippen molar-refractivity contribution in [2.75, 3.05) is 6.54 Å². The third-order valence-electron chi connectivity index (χ3n) is 4.39. The molecule has 2 fully saturated rings. The molecule has 1 aliphatic carbocycles. The molecule has 1 N–H and O–H groups in total. The lowest BCUT2D eigenvalue weighted by atomic mass is 10.0. The van der Waals surface area contributed by atoms with Crippen molar-refractivity contribution in [2.24, 2.45) is 5.92 Å². The van der Waals surface area contributed by atoms with Crippen LogP contribution in [0.1, 0.15) is 62.8 Å². The van der Waals surface area contributed by atoms with Gasteiger partial charge in [0.15, 0.2) is 5.82 Å². The van der Waals surface area contributed by atoms with Crippen molar-refractivity contribution in [3.63, 3.8) is 0 Å². The van der Waals surface area contributed by atoms with Crippen molar-refractivity contribution in [2.45, 2.75) is 58.0 Å². The van der Waals surface area contributed by atoms with E-state index in [2.05, 4.69) is 33.9 Å². The molecule has 1 saturated heterocycles. The van der Waals surface area contributed by atoms with Crippen LogP contribution in [0.2, 0.25) is 0 Å². The molecule has 4 nitrogen and oxygen atoms in total. The van der Waals surface area contributed by atoms with Gasteiger partial charge in [0, 0.05) is 6.04 Å². The van der Waals surface area contributed by atoms with E-state index in [0.29, 0.717) is 18.0 Å². The van der Waals surface area contributed by atoms with Gasteiger partial charge in [0.05, 0.1) is 6.04 Å². The van der Waals surface area contributed by atoms with E-state index in [0.717, 1.165) is 12.4 Å². The molecule has 1 saturated carbocycles. The maximum absolute atomic E-state index is 4.44. The molecule has 4 heteroatoms. The highest BCUT2D eigenvalue weighted by Gasteiger charge is 2.32. The zero-order valence-electron chi connectivity index (χ0n) is 10.8. The van der Waals surface area contributed by atoms with Crippen LogP contribution in [-0.4, -0.2) is 21.3 Å². The highest BCUT2D eigenvalue weighted by molar-refractivity contribution is 5.06. The lowest BCUT2D eigenvalue weighted by Crippen LogP contribution is -2.23. The molecule has 94 valence electrons. The Morgan fingerprint density at radius 2 is 1.94 bits per heavy atom. The van der Waals surface area contributed by atoms with Gasteiger partial charge in [0.2, 0.25) is 0 Å². The van der Waals surface area contributed by atoms with Crippen molar-refractivity contribution in [3.05, 3.63) is 11.6 Å². The Kier molecular flexibility index (Phi) is 2.90. The summed E-state index contributed by atoms with van der Waals surface area (Å²) in [4.78, 5) is 0. The lowest BCUT2D eigenvalue weighted by molar-refractivity contribution is 0.415. The first-order valence-electron chi connectivity index (χ1n) is 6.92. The fourth-order valence-electron chi connectivity index (χ4n) is 3.39. The fourth-order valence-corrected chi connectivity index (χ4v) is 3.39. The highest BCUT2D eigenvalue weighted by atomic mass is 15.3. The first-order valence-corrected chi connectivity index (χ1v) is 6.92.